The van der Waals surface area contributed by atoms with Crippen molar-refractivity contribution in [1.29, 1.82) is 0 Å². The fourth-order valence-corrected chi connectivity index (χ4v) is 2.24. The molecule has 6 nitrogen and oxygen atoms in total. The van der Waals surface area contributed by atoms with Gasteiger partial charge in [-0.1, -0.05) is 5.16 Å². The average Bonchev–Trinajstić information content (AvgIpc) is 2.67. The van der Waals surface area contributed by atoms with Gasteiger partial charge in [-0.05, 0) is 26.0 Å². The normalized spacial score (nSPS) is 13.6. The Morgan fingerprint density at radius 3 is 2.67 bits per heavy atom. The van der Waals surface area contributed by atoms with E-state index in [1.165, 1.54) is 0 Å². The molecule has 0 fully saturated rings. The number of carbonyl (C=O) groups excluding carboxylic acids is 1. The van der Waals surface area contributed by atoms with Gasteiger partial charge < -0.3 is 19.3 Å². The van der Waals surface area contributed by atoms with Crippen LogP contribution in [0.2, 0.25) is 0 Å². The largest absolute Gasteiger partial charge is 0.490 e. The van der Waals surface area contributed by atoms with E-state index in [1.807, 2.05) is 0 Å². The molecular formula is C15H16N2O4. The molecule has 0 radical (unpaired) electrons. The van der Waals surface area contributed by atoms with Crippen molar-refractivity contribution < 1.29 is 18.8 Å². The number of benzene rings is 1. The third kappa shape index (κ3) is 2.69. The minimum atomic E-state index is -0.249. The number of anilines is 1. The molecule has 1 amide bonds. The molecule has 0 unspecified atom stereocenters. The number of ether oxygens (including phenoxy) is 2. The quantitative estimate of drug-likeness (QED) is 0.919. The lowest BCUT2D eigenvalue weighted by molar-refractivity contribution is 0.102. The molecule has 110 valence electrons. The summed E-state index contributed by atoms with van der Waals surface area (Å²) in [7, 11) is 0. The number of hydrogen-bond acceptors (Lipinski definition) is 5. The standard InChI is InChI=1S/C15H16N2O4/c1-9-14(10(2)21-17-9)15(18)16-11-4-5-12-13(8-11)20-7-3-6-19-12/h4-5,8H,3,6-7H2,1-2H3,(H,16,18). The van der Waals surface area contributed by atoms with Crippen LogP contribution >= 0.6 is 0 Å². The molecule has 2 aromatic rings. The van der Waals surface area contributed by atoms with E-state index < -0.39 is 0 Å². The zero-order valence-corrected chi connectivity index (χ0v) is 11.9. The van der Waals surface area contributed by atoms with Gasteiger partial charge in [-0.25, -0.2) is 0 Å². The van der Waals surface area contributed by atoms with Crippen molar-refractivity contribution in [2.24, 2.45) is 0 Å². The molecule has 0 saturated carbocycles. The molecule has 1 aliphatic heterocycles. The van der Waals surface area contributed by atoms with Crippen LogP contribution in [0, 0.1) is 13.8 Å². The van der Waals surface area contributed by atoms with Crippen LogP contribution in [0.5, 0.6) is 11.5 Å². The number of fused-ring (bicyclic) bond motifs is 1. The lowest BCUT2D eigenvalue weighted by Gasteiger charge is -2.10. The second kappa shape index (κ2) is 5.47. The van der Waals surface area contributed by atoms with Gasteiger partial charge in [-0.2, -0.15) is 0 Å². The first-order valence-electron chi connectivity index (χ1n) is 6.79. The van der Waals surface area contributed by atoms with Gasteiger partial charge in [0, 0.05) is 18.2 Å². The van der Waals surface area contributed by atoms with Gasteiger partial charge in [-0.15, -0.1) is 0 Å². The minimum Gasteiger partial charge on any atom is -0.490 e. The molecule has 6 heteroatoms. The van der Waals surface area contributed by atoms with E-state index in [9.17, 15) is 4.79 Å². The number of nitrogens with one attached hydrogen (secondary N) is 1. The van der Waals surface area contributed by atoms with Crippen molar-refractivity contribution >= 4 is 11.6 Å². The number of rotatable bonds is 2. The third-order valence-electron chi connectivity index (χ3n) is 3.27. The fraction of sp³-hybridized carbons (Fsp3) is 0.333. The Hall–Kier alpha value is -2.50. The molecule has 0 bridgehead atoms. The maximum Gasteiger partial charge on any atom is 0.261 e. The number of aryl methyl sites for hydroxylation is 2. The van der Waals surface area contributed by atoms with Gasteiger partial charge >= 0.3 is 0 Å². The second-order valence-corrected chi connectivity index (χ2v) is 4.87. The summed E-state index contributed by atoms with van der Waals surface area (Å²) in [5.74, 6) is 1.59. The Labute approximate surface area is 122 Å². The predicted octanol–water partition coefficient (Wildman–Crippen LogP) is 2.71. The van der Waals surface area contributed by atoms with Gasteiger partial charge in [0.1, 0.15) is 11.3 Å². The van der Waals surface area contributed by atoms with E-state index in [0.717, 1.165) is 6.42 Å². The summed E-state index contributed by atoms with van der Waals surface area (Å²) in [6.45, 7) is 4.69. The number of hydrogen-bond donors (Lipinski definition) is 1. The number of nitrogens with zero attached hydrogens (tertiary/aromatic N) is 1. The molecule has 0 saturated heterocycles. The molecule has 3 rings (SSSR count). The van der Waals surface area contributed by atoms with Gasteiger partial charge in [0.15, 0.2) is 11.5 Å². The zero-order valence-electron chi connectivity index (χ0n) is 11.9. The van der Waals surface area contributed by atoms with Crippen LogP contribution < -0.4 is 14.8 Å². The van der Waals surface area contributed by atoms with E-state index in [-0.39, 0.29) is 5.91 Å². The summed E-state index contributed by atoms with van der Waals surface area (Å²) in [5.41, 5.74) is 1.67. The maximum absolute atomic E-state index is 12.3. The van der Waals surface area contributed by atoms with Gasteiger partial charge in [0.05, 0.1) is 18.9 Å². The molecule has 1 aromatic carbocycles. The summed E-state index contributed by atoms with van der Waals surface area (Å²) in [5, 5.41) is 6.60. The zero-order chi connectivity index (χ0) is 14.8. The summed E-state index contributed by atoms with van der Waals surface area (Å²) in [6.07, 6.45) is 0.843. The molecule has 0 spiro atoms. The van der Waals surface area contributed by atoms with Crippen molar-refractivity contribution in [1.82, 2.24) is 5.16 Å². The summed E-state index contributed by atoms with van der Waals surface area (Å²) in [6, 6.07) is 5.34. The first kappa shape index (κ1) is 13.5. The highest BCUT2D eigenvalue weighted by Gasteiger charge is 2.18. The van der Waals surface area contributed by atoms with E-state index in [2.05, 4.69) is 10.5 Å². The van der Waals surface area contributed by atoms with Crippen LogP contribution in [0.3, 0.4) is 0 Å². The highest BCUT2D eigenvalue weighted by molar-refractivity contribution is 6.05. The van der Waals surface area contributed by atoms with Crippen LogP contribution in [0.25, 0.3) is 0 Å². The number of carbonyl (C=O) groups is 1. The summed E-state index contributed by atoms with van der Waals surface area (Å²) >= 11 is 0. The molecular weight excluding hydrogens is 272 g/mol. The maximum atomic E-state index is 12.3. The topological polar surface area (TPSA) is 73.6 Å². The molecule has 1 aliphatic rings. The van der Waals surface area contributed by atoms with Crippen molar-refractivity contribution in [2.75, 3.05) is 18.5 Å². The molecule has 0 aliphatic carbocycles. The minimum absolute atomic E-state index is 0.249. The van der Waals surface area contributed by atoms with Crippen molar-refractivity contribution in [3.8, 4) is 11.5 Å². The second-order valence-electron chi connectivity index (χ2n) is 4.87. The van der Waals surface area contributed by atoms with Crippen molar-refractivity contribution in [3.05, 3.63) is 35.2 Å². The summed E-state index contributed by atoms with van der Waals surface area (Å²) in [4.78, 5) is 12.3. The van der Waals surface area contributed by atoms with Gasteiger partial charge in [0.25, 0.3) is 5.91 Å². The monoisotopic (exact) mass is 288 g/mol. The third-order valence-corrected chi connectivity index (χ3v) is 3.27. The van der Waals surface area contributed by atoms with E-state index in [0.29, 0.717) is 47.4 Å². The van der Waals surface area contributed by atoms with Crippen LogP contribution in [0.15, 0.2) is 22.7 Å². The lowest BCUT2D eigenvalue weighted by atomic mass is 10.2. The highest BCUT2D eigenvalue weighted by Crippen LogP contribution is 2.32. The molecule has 21 heavy (non-hydrogen) atoms. The first-order chi connectivity index (χ1) is 10.1. The predicted molar refractivity (Wildman–Crippen MR) is 76.0 cm³/mol. The molecule has 0 atom stereocenters. The van der Waals surface area contributed by atoms with Gasteiger partial charge in [-0.3, -0.25) is 4.79 Å². The molecule has 1 N–H and O–H groups in total. The highest BCUT2D eigenvalue weighted by atomic mass is 16.5. The molecule has 2 heterocycles. The average molecular weight is 288 g/mol. The SMILES string of the molecule is Cc1noc(C)c1C(=O)Nc1ccc2c(c1)OCCCO2. The Morgan fingerprint density at radius 1 is 1.19 bits per heavy atom. The van der Waals surface area contributed by atoms with Crippen LogP contribution in [0.4, 0.5) is 5.69 Å². The Balaban J connectivity index is 1.82. The first-order valence-corrected chi connectivity index (χ1v) is 6.79. The van der Waals surface area contributed by atoms with Crippen LogP contribution in [-0.2, 0) is 0 Å². The Bertz CT molecular complexity index is 659. The lowest BCUT2D eigenvalue weighted by Crippen LogP contribution is -2.13. The molecule has 1 aromatic heterocycles. The Kier molecular flexibility index (Phi) is 3.51. The van der Waals surface area contributed by atoms with Gasteiger partial charge in [0.2, 0.25) is 0 Å². The van der Waals surface area contributed by atoms with Crippen molar-refractivity contribution in [2.45, 2.75) is 20.3 Å². The van der Waals surface area contributed by atoms with E-state index >= 15 is 0 Å². The summed E-state index contributed by atoms with van der Waals surface area (Å²) < 4.78 is 16.2. The van der Waals surface area contributed by atoms with E-state index in [1.54, 1.807) is 32.0 Å². The van der Waals surface area contributed by atoms with Crippen molar-refractivity contribution in [3.63, 3.8) is 0 Å². The number of amides is 1. The number of aromatic nitrogens is 1. The fourth-order valence-electron chi connectivity index (χ4n) is 2.24. The van der Waals surface area contributed by atoms with Crippen LogP contribution in [0.1, 0.15) is 28.2 Å². The van der Waals surface area contributed by atoms with Crippen LogP contribution in [-0.4, -0.2) is 24.3 Å². The Morgan fingerprint density at radius 2 is 1.95 bits per heavy atom. The smallest absolute Gasteiger partial charge is 0.261 e. The van der Waals surface area contributed by atoms with E-state index in [4.69, 9.17) is 14.0 Å².